The second kappa shape index (κ2) is 3.90. The van der Waals surface area contributed by atoms with Crippen molar-refractivity contribution >= 4 is 18.6 Å². The van der Waals surface area contributed by atoms with E-state index in [1.165, 1.54) is 12.8 Å². The van der Waals surface area contributed by atoms with Gasteiger partial charge in [0.05, 0.1) is 0 Å². The molecular formula is C6H12ClN. The van der Waals surface area contributed by atoms with Crippen molar-refractivity contribution in [1.29, 1.82) is 0 Å². The summed E-state index contributed by atoms with van der Waals surface area (Å²) in [4.78, 5) is 4.10. The molecule has 0 aromatic rings. The molecule has 1 aliphatic heterocycles. The van der Waals surface area contributed by atoms with Crippen LogP contribution in [0, 0.1) is 5.92 Å². The molecule has 0 radical (unpaired) electrons. The lowest BCUT2D eigenvalue weighted by molar-refractivity contribution is 0.548. The molecule has 1 aliphatic rings. The van der Waals surface area contributed by atoms with Gasteiger partial charge < -0.3 is 0 Å². The number of halogens is 1. The maximum absolute atomic E-state index is 4.10. The van der Waals surface area contributed by atoms with Crippen LogP contribution in [0.25, 0.3) is 0 Å². The lowest BCUT2D eigenvalue weighted by Gasteiger charge is -2.09. The molecule has 1 unspecified atom stereocenters. The molecule has 0 amide bonds. The molecule has 0 aromatic heterocycles. The Kier molecular flexibility index (Phi) is 3.88. The molecule has 0 N–H and O–H groups in total. The Balaban J connectivity index is 0.000000490. The van der Waals surface area contributed by atoms with Gasteiger partial charge in [-0.2, -0.15) is 0 Å². The zero-order valence-electron chi connectivity index (χ0n) is 5.13. The average molecular weight is 134 g/mol. The number of rotatable bonds is 0. The average Bonchev–Trinajstić information content (AvgIpc) is 1.69. The van der Waals surface area contributed by atoms with Gasteiger partial charge in [0.25, 0.3) is 0 Å². The molecule has 0 saturated heterocycles. The summed E-state index contributed by atoms with van der Waals surface area (Å²) >= 11 is 0. The Morgan fingerprint density at radius 2 is 2.38 bits per heavy atom. The second-order valence-electron chi connectivity index (χ2n) is 2.22. The zero-order chi connectivity index (χ0) is 5.11. The fourth-order valence-corrected chi connectivity index (χ4v) is 0.759. The van der Waals surface area contributed by atoms with E-state index in [4.69, 9.17) is 0 Å². The van der Waals surface area contributed by atoms with Crippen molar-refractivity contribution < 1.29 is 0 Å². The summed E-state index contributed by atoms with van der Waals surface area (Å²) in [6.07, 6.45) is 4.52. The number of hydrogen-bond donors (Lipinski definition) is 0. The Bertz CT molecular complexity index is 80.6. The van der Waals surface area contributed by atoms with Crippen LogP contribution < -0.4 is 0 Å². The van der Waals surface area contributed by atoms with E-state index in [0.717, 1.165) is 12.5 Å². The van der Waals surface area contributed by atoms with Gasteiger partial charge in [-0.15, -0.1) is 12.4 Å². The molecule has 8 heavy (non-hydrogen) atoms. The van der Waals surface area contributed by atoms with E-state index in [1.807, 2.05) is 6.21 Å². The molecule has 1 heterocycles. The van der Waals surface area contributed by atoms with Crippen molar-refractivity contribution in [3.63, 3.8) is 0 Å². The Morgan fingerprint density at radius 3 is 2.62 bits per heavy atom. The summed E-state index contributed by atoms with van der Waals surface area (Å²) in [7, 11) is 0. The molecule has 0 spiro atoms. The predicted octanol–water partition coefficient (Wildman–Crippen LogP) is 1.91. The van der Waals surface area contributed by atoms with Crippen molar-refractivity contribution in [1.82, 2.24) is 0 Å². The molecular weight excluding hydrogens is 122 g/mol. The third-order valence-corrected chi connectivity index (χ3v) is 1.39. The number of nitrogens with zero attached hydrogens (tertiary/aromatic N) is 1. The van der Waals surface area contributed by atoms with Crippen LogP contribution in [-0.4, -0.2) is 12.8 Å². The van der Waals surface area contributed by atoms with Gasteiger partial charge in [-0.1, -0.05) is 6.92 Å². The largest absolute Gasteiger partial charge is 0.298 e. The first-order valence-corrected chi connectivity index (χ1v) is 2.88. The maximum Gasteiger partial charge on any atom is 0.0388 e. The first kappa shape index (κ1) is 7.96. The number of hydrogen-bond acceptors (Lipinski definition) is 1. The minimum atomic E-state index is 0. The quantitative estimate of drug-likeness (QED) is 0.479. The third-order valence-electron chi connectivity index (χ3n) is 1.39. The Hall–Kier alpha value is -0.0400. The standard InChI is InChI=1S/C6H11N.ClH/c1-6-2-4-7-5-3-6;/h4,6H,2-3,5H2,1H3;1H. The molecule has 48 valence electrons. The highest BCUT2D eigenvalue weighted by Crippen LogP contribution is 2.08. The van der Waals surface area contributed by atoms with Crippen LogP contribution in [0.5, 0.6) is 0 Å². The molecule has 0 fully saturated rings. The van der Waals surface area contributed by atoms with Crippen LogP contribution in [0.2, 0.25) is 0 Å². The van der Waals surface area contributed by atoms with Gasteiger partial charge in [0, 0.05) is 6.54 Å². The summed E-state index contributed by atoms with van der Waals surface area (Å²) in [5.74, 6) is 0.887. The van der Waals surface area contributed by atoms with Crippen LogP contribution in [0.1, 0.15) is 19.8 Å². The summed E-state index contributed by atoms with van der Waals surface area (Å²) < 4.78 is 0. The first-order chi connectivity index (χ1) is 3.39. The van der Waals surface area contributed by atoms with Crippen LogP contribution >= 0.6 is 12.4 Å². The van der Waals surface area contributed by atoms with E-state index >= 15 is 0 Å². The van der Waals surface area contributed by atoms with E-state index in [1.54, 1.807) is 0 Å². The predicted molar refractivity (Wildman–Crippen MR) is 39.0 cm³/mol. The Labute approximate surface area is 56.6 Å². The fraction of sp³-hybridized carbons (Fsp3) is 0.833. The molecule has 1 atom stereocenters. The molecule has 0 aromatic carbocycles. The second-order valence-corrected chi connectivity index (χ2v) is 2.22. The Morgan fingerprint density at radius 1 is 1.62 bits per heavy atom. The van der Waals surface area contributed by atoms with Crippen LogP contribution in [0.15, 0.2) is 4.99 Å². The van der Waals surface area contributed by atoms with E-state index in [2.05, 4.69) is 11.9 Å². The van der Waals surface area contributed by atoms with E-state index in [-0.39, 0.29) is 12.4 Å². The summed E-state index contributed by atoms with van der Waals surface area (Å²) in [6.45, 7) is 3.33. The van der Waals surface area contributed by atoms with E-state index in [0.29, 0.717) is 0 Å². The van der Waals surface area contributed by atoms with Gasteiger partial charge in [-0.05, 0) is 25.0 Å². The molecule has 0 saturated carbocycles. The van der Waals surface area contributed by atoms with Gasteiger partial charge in [0.1, 0.15) is 0 Å². The van der Waals surface area contributed by atoms with Crippen molar-refractivity contribution in [2.24, 2.45) is 10.9 Å². The molecule has 0 aliphatic carbocycles. The van der Waals surface area contributed by atoms with Gasteiger partial charge in [-0.3, -0.25) is 4.99 Å². The summed E-state index contributed by atoms with van der Waals surface area (Å²) in [5.41, 5.74) is 0. The van der Waals surface area contributed by atoms with Crippen molar-refractivity contribution in [2.75, 3.05) is 6.54 Å². The topological polar surface area (TPSA) is 12.4 Å². The summed E-state index contributed by atoms with van der Waals surface area (Å²) in [5, 5.41) is 0. The van der Waals surface area contributed by atoms with E-state index < -0.39 is 0 Å². The minimum Gasteiger partial charge on any atom is -0.298 e. The first-order valence-electron chi connectivity index (χ1n) is 2.88. The van der Waals surface area contributed by atoms with Gasteiger partial charge in [-0.25, -0.2) is 0 Å². The lowest BCUT2D eigenvalue weighted by Crippen LogP contribution is -2.02. The van der Waals surface area contributed by atoms with E-state index in [9.17, 15) is 0 Å². The third kappa shape index (κ3) is 2.31. The van der Waals surface area contributed by atoms with Crippen LogP contribution in [0.3, 0.4) is 0 Å². The fourth-order valence-electron chi connectivity index (χ4n) is 0.759. The highest BCUT2D eigenvalue weighted by molar-refractivity contribution is 5.85. The normalized spacial score (nSPS) is 26.9. The monoisotopic (exact) mass is 133 g/mol. The highest BCUT2D eigenvalue weighted by Gasteiger charge is 2.01. The van der Waals surface area contributed by atoms with Gasteiger partial charge in [0.2, 0.25) is 0 Å². The zero-order valence-corrected chi connectivity index (χ0v) is 5.95. The van der Waals surface area contributed by atoms with Gasteiger partial charge >= 0.3 is 0 Å². The minimum absolute atomic E-state index is 0. The van der Waals surface area contributed by atoms with Crippen molar-refractivity contribution in [2.45, 2.75) is 19.8 Å². The van der Waals surface area contributed by atoms with Crippen LogP contribution in [-0.2, 0) is 0 Å². The smallest absolute Gasteiger partial charge is 0.0388 e. The lowest BCUT2D eigenvalue weighted by atomic mass is 10.0. The van der Waals surface area contributed by atoms with Crippen molar-refractivity contribution in [3.8, 4) is 0 Å². The molecule has 1 nitrogen and oxygen atoms in total. The summed E-state index contributed by atoms with van der Waals surface area (Å²) in [6, 6.07) is 0. The highest BCUT2D eigenvalue weighted by atomic mass is 35.5. The number of aliphatic imine (C=N–C) groups is 1. The molecule has 0 bridgehead atoms. The van der Waals surface area contributed by atoms with Gasteiger partial charge in [0.15, 0.2) is 0 Å². The SMILES string of the molecule is CC1CC=NCC1.Cl. The molecule has 2 heteroatoms. The van der Waals surface area contributed by atoms with Crippen molar-refractivity contribution in [3.05, 3.63) is 0 Å². The van der Waals surface area contributed by atoms with Crippen LogP contribution in [0.4, 0.5) is 0 Å². The molecule has 1 rings (SSSR count). The maximum atomic E-state index is 4.10.